The summed E-state index contributed by atoms with van der Waals surface area (Å²) in [5, 5.41) is 0.642. The number of halogens is 1. The van der Waals surface area contributed by atoms with Crippen molar-refractivity contribution in [1.29, 1.82) is 0 Å². The fourth-order valence-corrected chi connectivity index (χ4v) is 6.29. The van der Waals surface area contributed by atoms with Crippen LogP contribution < -0.4 is 0 Å². The van der Waals surface area contributed by atoms with Crippen LogP contribution in [0.25, 0.3) is 0 Å². The second-order valence-electron chi connectivity index (χ2n) is 8.59. The number of amides is 1. The molecule has 0 N–H and O–H groups in total. The molecule has 4 aliphatic carbocycles. The minimum Gasteiger partial charge on any atom is -0.338 e. The summed E-state index contributed by atoms with van der Waals surface area (Å²) < 4.78 is 0. The summed E-state index contributed by atoms with van der Waals surface area (Å²) in [5.74, 6) is 2.90. The Bertz CT molecular complexity index is 612. The standard InChI is InChI=1S/C21H28ClNO/c1-2-23(20(24)18-4-3-5-19(22)10-18)14-21-11-15-6-7-16(12-21)9-17(8-15)13-21/h3-5,10,15-17H,2,6-9,11-14H2,1H3/t15-,16-,17?,21?/m0/s1. The monoisotopic (exact) mass is 345 g/mol. The van der Waals surface area contributed by atoms with Crippen LogP contribution in [0.1, 0.15) is 62.2 Å². The largest absolute Gasteiger partial charge is 0.338 e. The van der Waals surface area contributed by atoms with Gasteiger partial charge in [0.05, 0.1) is 0 Å². The summed E-state index contributed by atoms with van der Waals surface area (Å²) in [6.45, 7) is 3.84. The number of carbonyl (C=O) groups is 1. The topological polar surface area (TPSA) is 20.3 Å². The van der Waals surface area contributed by atoms with Crippen molar-refractivity contribution >= 4 is 17.5 Å². The van der Waals surface area contributed by atoms with Crippen LogP contribution in [0.5, 0.6) is 0 Å². The minimum atomic E-state index is 0.148. The van der Waals surface area contributed by atoms with Gasteiger partial charge in [0, 0.05) is 23.7 Å². The first-order valence-corrected chi connectivity index (χ1v) is 9.99. The second-order valence-corrected chi connectivity index (χ2v) is 9.03. The van der Waals surface area contributed by atoms with Crippen molar-refractivity contribution in [3.05, 3.63) is 34.9 Å². The highest BCUT2D eigenvalue weighted by Gasteiger charge is 2.49. The Balaban J connectivity index is 1.55. The molecule has 1 aromatic rings. The van der Waals surface area contributed by atoms with E-state index in [1.54, 1.807) is 6.07 Å². The van der Waals surface area contributed by atoms with Crippen LogP contribution >= 0.6 is 11.6 Å². The lowest BCUT2D eigenvalue weighted by molar-refractivity contribution is 0.00573. The Kier molecular flexibility index (Phi) is 4.36. The van der Waals surface area contributed by atoms with Crippen molar-refractivity contribution in [2.24, 2.45) is 23.2 Å². The number of nitrogens with zero attached hydrogens (tertiary/aromatic N) is 1. The third-order valence-electron chi connectivity index (χ3n) is 6.75. The van der Waals surface area contributed by atoms with Crippen molar-refractivity contribution in [3.8, 4) is 0 Å². The van der Waals surface area contributed by atoms with E-state index in [4.69, 9.17) is 11.6 Å². The van der Waals surface area contributed by atoms with Crippen LogP contribution in [0.3, 0.4) is 0 Å². The first-order chi connectivity index (χ1) is 11.6. The van der Waals surface area contributed by atoms with E-state index in [1.165, 1.54) is 44.9 Å². The van der Waals surface area contributed by atoms with Gasteiger partial charge in [0.15, 0.2) is 0 Å². The Hall–Kier alpha value is -1.02. The Labute approximate surface area is 150 Å². The molecule has 0 spiro atoms. The number of carbonyl (C=O) groups excluding carboxylic acids is 1. The lowest BCUT2D eigenvalue weighted by Gasteiger charge is -2.50. The highest BCUT2D eigenvalue weighted by atomic mass is 35.5. The second kappa shape index (κ2) is 6.37. The SMILES string of the molecule is CCN(CC12CC3C[C@H](CC[C@@H](C3)C1)C2)C(=O)c1cccc(Cl)c1. The van der Waals surface area contributed by atoms with Crippen LogP contribution in [-0.4, -0.2) is 23.9 Å². The van der Waals surface area contributed by atoms with E-state index in [9.17, 15) is 4.79 Å². The molecule has 24 heavy (non-hydrogen) atoms. The number of hydrogen-bond acceptors (Lipinski definition) is 1. The molecule has 0 heterocycles. The van der Waals surface area contributed by atoms with Crippen molar-refractivity contribution in [3.63, 3.8) is 0 Å². The van der Waals surface area contributed by atoms with E-state index >= 15 is 0 Å². The van der Waals surface area contributed by atoms with E-state index in [-0.39, 0.29) is 5.91 Å². The van der Waals surface area contributed by atoms with E-state index < -0.39 is 0 Å². The molecule has 1 aromatic carbocycles. The molecule has 0 aromatic heterocycles. The van der Waals surface area contributed by atoms with Gasteiger partial charge in [-0.2, -0.15) is 0 Å². The van der Waals surface area contributed by atoms with Gasteiger partial charge in [0.25, 0.3) is 5.91 Å². The summed E-state index contributed by atoms with van der Waals surface area (Å²) in [6, 6.07) is 7.40. The maximum atomic E-state index is 13.0. The highest BCUT2D eigenvalue weighted by molar-refractivity contribution is 6.30. The minimum absolute atomic E-state index is 0.148. The quantitative estimate of drug-likeness (QED) is 0.714. The normalized spacial score (nSPS) is 34.2. The number of hydrogen-bond donors (Lipinski definition) is 0. The zero-order valence-electron chi connectivity index (χ0n) is 14.6. The molecule has 5 rings (SSSR count). The third kappa shape index (κ3) is 3.10. The van der Waals surface area contributed by atoms with Gasteiger partial charge in [-0.05, 0) is 80.4 Å². The number of benzene rings is 1. The summed E-state index contributed by atoms with van der Waals surface area (Å²) in [6.07, 6.45) is 9.80. The van der Waals surface area contributed by atoms with Gasteiger partial charge in [0.2, 0.25) is 0 Å². The predicted molar refractivity (Wildman–Crippen MR) is 98.3 cm³/mol. The fraction of sp³-hybridized carbons (Fsp3) is 0.667. The van der Waals surface area contributed by atoms with Crippen LogP contribution in [0.15, 0.2) is 24.3 Å². The summed E-state index contributed by atoms with van der Waals surface area (Å²) in [4.78, 5) is 15.1. The molecule has 3 heteroatoms. The van der Waals surface area contributed by atoms with Gasteiger partial charge in [0.1, 0.15) is 0 Å². The van der Waals surface area contributed by atoms with Crippen LogP contribution in [0.2, 0.25) is 5.02 Å². The number of rotatable bonds is 4. The zero-order valence-corrected chi connectivity index (χ0v) is 15.4. The lowest BCUT2D eigenvalue weighted by atomic mass is 9.58. The van der Waals surface area contributed by atoms with E-state index in [1.807, 2.05) is 18.2 Å². The Morgan fingerprint density at radius 1 is 1.17 bits per heavy atom. The molecule has 2 nitrogen and oxygen atoms in total. The summed E-state index contributed by atoms with van der Waals surface area (Å²) >= 11 is 6.09. The van der Waals surface area contributed by atoms with E-state index in [2.05, 4.69) is 11.8 Å². The molecule has 4 aliphatic rings. The summed E-state index contributed by atoms with van der Waals surface area (Å²) in [7, 11) is 0. The first kappa shape index (κ1) is 16.4. The van der Waals surface area contributed by atoms with Gasteiger partial charge < -0.3 is 4.90 Å². The van der Waals surface area contributed by atoms with Gasteiger partial charge >= 0.3 is 0 Å². The maximum Gasteiger partial charge on any atom is 0.253 e. The average molecular weight is 346 g/mol. The molecule has 130 valence electrons. The van der Waals surface area contributed by atoms with Crippen molar-refractivity contribution < 1.29 is 4.79 Å². The molecule has 1 amide bonds. The van der Waals surface area contributed by atoms with Crippen molar-refractivity contribution in [1.82, 2.24) is 4.90 Å². The van der Waals surface area contributed by atoms with Crippen LogP contribution in [0.4, 0.5) is 0 Å². The molecule has 0 saturated heterocycles. The van der Waals surface area contributed by atoms with Gasteiger partial charge in [-0.15, -0.1) is 0 Å². The Morgan fingerprint density at radius 2 is 1.83 bits per heavy atom. The molecular weight excluding hydrogens is 318 g/mol. The lowest BCUT2D eigenvalue weighted by Crippen LogP contribution is -2.47. The summed E-state index contributed by atoms with van der Waals surface area (Å²) in [5.41, 5.74) is 1.11. The highest BCUT2D eigenvalue weighted by Crippen LogP contribution is 2.57. The van der Waals surface area contributed by atoms with Crippen LogP contribution in [0, 0.1) is 23.2 Å². The van der Waals surface area contributed by atoms with Crippen molar-refractivity contribution in [2.75, 3.05) is 13.1 Å². The smallest absolute Gasteiger partial charge is 0.253 e. The maximum absolute atomic E-state index is 13.0. The van der Waals surface area contributed by atoms with Gasteiger partial charge in [-0.3, -0.25) is 4.79 Å². The average Bonchev–Trinajstić information content (AvgIpc) is 2.77. The predicted octanol–water partition coefficient (Wildman–Crippen LogP) is 5.41. The molecule has 4 fully saturated rings. The molecular formula is C21H28ClNO. The zero-order chi connectivity index (χ0) is 16.7. The fourth-order valence-electron chi connectivity index (χ4n) is 6.10. The molecule has 4 saturated carbocycles. The van der Waals surface area contributed by atoms with E-state index in [0.29, 0.717) is 10.4 Å². The van der Waals surface area contributed by atoms with Crippen molar-refractivity contribution in [2.45, 2.75) is 51.9 Å². The molecule has 2 atom stereocenters. The molecule has 4 bridgehead atoms. The third-order valence-corrected chi connectivity index (χ3v) is 6.98. The molecule has 0 unspecified atom stereocenters. The van der Waals surface area contributed by atoms with E-state index in [0.717, 1.165) is 36.4 Å². The van der Waals surface area contributed by atoms with Gasteiger partial charge in [-0.1, -0.05) is 30.5 Å². The molecule has 0 radical (unpaired) electrons. The number of fused-ring (bicyclic) bond motifs is 1. The van der Waals surface area contributed by atoms with Gasteiger partial charge in [-0.25, -0.2) is 0 Å². The first-order valence-electron chi connectivity index (χ1n) is 9.62. The Morgan fingerprint density at radius 3 is 2.46 bits per heavy atom. The van der Waals surface area contributed by atoms with Crippen LogP contribution in [-0.2, 0) is 0 Å². The molecule has 0 aliphatic heterocycles.